The van der Waals surface area contributed by atoms with Gasteiger partial charge in [0.2, 0.25) is 0 Å². The van der Waals surface area contributed by atoms with Crippen LogP contribution in [-0.2, 0) is 9.53 Å². The molecule has 0 saturated carbocycles. The van der Waals surface area contributed by atoms with Crippen molar-refractivity contribution in [3.05, 3.63) is 48.5 Å². The van der Waals surface area contributed by atoms with Crippen molar-refractivity contribution in [2.75, 3.05) is 30.5 Å². The highest BCUT2D eigenvalue weighted by molar-refractivity contribution is 5.93. The summed E-state index contributed by atoms with van der Waals surface area (Å²) in [5.74, 6) is 0.759. The molecule has 27 heavy (non-hydrogen) atoms. The molecule has 0 radical (unpaired) electrons. The summed E-state index contributed by atoms with van der Waals surface area (Å²) in [5.41, 5.74) is 1.11. The molecule has 0 aliphatic carbocycles. The minimum atomic E-state index is -0.545. The van der Waals surface area contributed by atoms with Crippen molar-refractivity contribution in [2.45, 2.75) is 20.3 Å². The van der Waals surface area contributed by atoms with E-state index in [1.54, 1.807) is 43.3 Å². The molecule has 0 aliphatic rings. The van der Waals surface area contributed by atoms with Crippen molar-refractivity contribution in [3.8, 4) is 11.5 Å². The monoisotopic (exact) mass is 372 g/mol. The van der Waals surface area contributed by atoms with E-state index in [4.69, 9.17) is 14.2 Å². The van der Waals surface area contributed by atoms with Crippen molar-refractivity contribution in [1.82, 2.24) is 0 Å². The van der Waals surface area contributed by atoms with Gasteiger partial charge in [0.15, 0.2) is 6.61 Å². The molecule has 7 nitrogen and oxygen atoms in total. The van der Waals surface area contributed by atoms with Crippen LogP contribution in [0, 0.1) is 0 Å². The van der Waals surface area contributed by atoms with Crippen LogP contribution in [0.15, 0.2) is 48.5 Å². The molecule has 0 bridgehead atoms. The lowest BCUT2D eigenvalue weighted by Crippen LogP contribution is -2.20. The topological polar surface area (TPSA) is 85.9 Å². The maximum Gasteiger partial charge on any atom is 0.411 e. The number of carbonyl (C=O) groups excluding carboxylic acids is 2. The Morgan fingerprint density at radius 3 is 2.56 bits per heavy atom. The molecule has 0 spiro atoms. The van der Waals surface area contributed by atoms with Gasteiger partial charge in [-0.15, -0.1) is 0 Å². The Kier molecular flexibility index (Phi) is 7.96. The van der Waals surface area contributed by atoms with Gasteiger partial charge in [-0.3, -0.25) is 10.1 Å². The second kappa shape index (κ2) is 10.7. The first kappa shape index (κ1) is 20.1. The molecule has 0 aliphatic heterocycles. The average molecular weight is 372 g/mol. The van der Waals surface area contributed by atoms with E-state index in [9.17, 15) is 9.59 Å². The average Bonchev–Trinajstić information content (AvgIpc) is 2.66. The number of rotatable bonds is 9. The van der Waals surface area contributed by atoms with E-state index in [1.807, 2.05) is 19.1 Å². The zero-order chi connectivity index (χ0) is 19.5. The van der Waals surface area contributed by atoms with E-state index in [0.29, 0.717) is 29.5 Å². The summed E-state index contributed by atoms with van der Waals surface area (Å²) in [6.07, 6.45) is 0.331. The molecule has 2 amide bonds. The summed E-state index contributed by atoms with van der Waals surface area (Å²) in [7, 11) is 0. The van der Waals surface area contributed by atoms with Crippen molar-refractivity contribution in [1.29, 1.82) is 0 Å². The predicted molar refractivity (Wildman–Crippen MR) is 103 cm³/mol. The van der Waals surface area contributed by atoms with Crippen LogP contribution in [0.25, 0.3) is 0 Å². The Hall–Kier alpha value is -3.22. The summed E-state index contributed by atoms with van der Waals surface area (Å²) >= 11 is 0. The summed E-state index contributed by atoms with van der Waals surface area (Å²) in [5, 5.41) is 5.35. The predicted octanol–water partition coefficient (Wildman–Crippen LogP) is 4.06. The lowest BCUT2D eigenvalue weighted by molar-refractivity contribution is -0.118. The molecular formula is C20H24N2O5. The van der Waals surface area contributed by atoms with Crippen molar-refractivity contribution in [2.24, 2.45) is 0 Å². The highest BCUT2D eigenvalue weighted by atomic mass is 16.5. The van der Waals surface area contributed by atoms with Crippen LogP contribution in [0.5, 0.6) is 11.5 Å². The van der Waals surface area contributed by atoms with Crippen LogP contribution in [0.4, 0.5) is 16.2 Å². The summed E-state index contributed by atoms with van der Waals surface area (Å²) in [4.78, 5) is 23.6. The standard InChI is InChI=1S/C20H24N2O5/c1-3-12-26-18-11-6-5-10-17(18)22-19(23)14-27-16-9-7-8-15(13-16)21-20(24)25-4-2/h5-11,13H,3-4,12,14H2,1-2H3,(H,21,24)(H,22,23). The number of carbonyl (C=O) groups is 2. The molecule has 0 saturated heterocycles. The Balaban J connectivity index is 1.90. The third kappa shape index (κ3) is 6.89. The first-order valence-electron chi connectivity index (χ1n) is 8.80. The van der Waals surface area contributed by atoms with Crippen LogP contribution in [-0.4, -0.2) is 31.8 Å². The molecule has 144 valence electrons. The number of amides is 2. The summed E-state index contributed by atoms with van der Waals surface area (Å²) in [6, 6.07) is 14.0. The normalized spacial score (nSPS) is 10.0. The van der Waals surface area contributed by atoms with E-state index in [1.165, 1.54) is 0 Å². The Labute approximate surface area is 158 Å². The molecule has 2 rings (SSSR count). The minimum absolute atomic E-state index is 0.176. The van der Waals surface area contributed by atoms with Gasteiger partial charge in [0.05, 0.1) is 18.9 Å². The largest absolute Gasteiger partial charge is 0.491 e. The van der Waals surface area contributed by atoms with Crippen molar-refractivity contribution in [3.63, 3.8) is 0 Å². The number of benzene rings is 2. The SMILES string of the molecule is CCCOc1ccccc1NC(=O)COc1cccc(NC(=O)OCC)c1. The lowest BCUT2D eigenvalue weighted by Gasteiger charge is -2.12. The van der Waals surface area contributed by atoms with Gasteiger partial charge in [0, 0.05) is 11.8 Å². The summed E-state index contributed by atoms with van der Waals surface area (Å²) < 4.78 is 15.9. The molecule has 7 heteroatoms. The lowest BCUT2D eigenvalue weighted by atomic mass is 10.3. The molecule has 0 aromatic heterocycles. The fourth-order valence-electron chi connectivity index (χ4n) is 2.19. The van der Waals surface area contributed by atoms with Crippen LogP contribution in [0.3, 0.4) is 0 Å². The number of anilines is 2. The second-order valence-corrected chi connectivity index (χ2v) is 5.55. The molecule has 0 heterocycles. The van der Waals surface area contributed by atoms with E-state index in [-0.39, 0.29) is 19.1 Å². The highest BCUT2D eigenvalue weighted by Crippen LogP contribution is 2.24. The maximum absolute atomic E-state index is 12.2. The third-order valence-corrected chi connectivity index (χ3v) is 3.35. The Morgan fingerprint density at radius 2 is 1.78 bits per heavy atom. The summed E-state index contributed by atoms with van der Waals surface area (Å²) in [6.45, 7) is 4.42. The van der Waals surface area contributed by atoms with Crippen LogP contribution in [0.2, 0.25) is 0 Å². The maximum atomic E-state index is 12.2. The first-order chi connectivity index (χ1) is 13.1. The molecule has 0 unspecified atom stereocenters. The van der Waals surface area contributed by atoms with Gasteiger partial charge in [-0.1, -0.05) is 25.1 Å². The van der Waals surface area contributed by atoms with Gasteiger partial charge >= 0.3 is 6.09 Å². The van der Waals surface area contributed by atoms with E-state index in [2.05, 4.69) is 10.6 Å². The molecule has 0 fully saturated rings. The van der Waals surface area contributed by atoms with Gasteiger partial charge in [0.1, 0.15) is 11.5 Å². The van der Waals surface area contributed by atoms with E-state index < -0.39 is 6.09 Å². The third-order valence-electron chi connectivity index (χ3n) is 3.35. The van der Waals surface area contributed by atoms with Crippen molar-refractivity contribution < 1.29 is 23.8 Å². The van der Waals surface area contributed by atoms with Gasteiger partial charge in [-0.05, 0) is 37.6 Å². The number of para-hydroxylation sites is 2. The van der Waals surface area contributed by atoms with Gasteiger partial charge in [-0.2, -0.15) is 0 Å². The fraction of sp³-hybridized carbons (Fsp3) is 0.300. The van der Waals surface area contributed by atoms with Crippen LogP contribution in [0.1, 0.15) is 20.3 Å². The smallest absolute Gasteiger partial charge is 0.411 e. The highest BCUT2D eigenvalue weighted by Gasteiger charge is 2.09. The van der Waals surface area contributed by atoms with Crippen LogP contribution >= 0.6 is 0 Å². The quantitative estimate of drug-likeness (QED) is 0.693. The van der Waals surface area contributed by atoms with Crippen LogP contribution < -0.4 is 20.1 Å². The Bertz CT molecular complexity index is 764. The number of ether oxygens (including phenoxy) is 3. The number of hydrogen-bond donors (Lipinski definition) is 2. The first-order valence-corrected chi connectivity index (χ1v) is 8.80. The fourth-order valence-corrected chi connectivity index (χ4v) is 2.19. The Morgan fingerprint density at radius 1 is 0.963 bits per heavy atom. The van der Waals surface area contributed by atoms with Gasteiger partial charge in [0.25, 0.3) is 5.91 Å². The van der Waals surface area contributed by atoms with E-state index in [0.717, 1.165) is 6.42 Å². The molecular weight excluding hydrogens is 348 g/mol. The van der Waals surface area contributed by atoms with Gasteiger partial charge in [-0.25, -0.2) is 4.79 Å². The molecule has 2 aromatic carbocycles. The zero-order valence-electron chi connectivity index (χ0n) is 15.5. The van der Waals surface area contributed by atoms with E-state index >= 15 is 0 Å². The van der Waals surface area contributed by atoms with Gasteiger partial charge < -0.3 is 19.5 Å². The number of nitrogens with one attached hydrogen (secondary N) is 2. The minimum Gasteiger partial charge on any atom is -0.491 e. The number of hydrogen-bond acceptors (Lipinski definition) is 5. The molecule has 2 aromatic rings. The molecule has 2 N–H and O–H groups in total. The van der Waals surface area contributed by atoms with Crippen molar-refractivity contribution >= 4 is 23.4 Å². The molecule has 0 atom stereocenters. The zero-order valence-corrected chi connectivity index (χ0v) is 15.5. The second-order valence-electron chi connectivity index (χ2n) is 5.55.